The predicted octanol–water partition coefficient (Wildman–Crippen LogP) is 0.428. The number of carbonyl (C=O) groups excluding carboxylic acids is 1. The van der Waals surface area contributed by atoms with Crippen LogP contribution in [0.15, 0.2) is 0 Å². The highest BCUT2D eigenvalue weighted by atomic mass is 16.1. The molecule has 1 atom stereocenters. The summed E-state index contributed by atoms with van der Waals surface area (Å²) in [5.41, 5.74) is 0. The number of nitrogens with zero attached hydrogens (tertiary/aromatic N) is 1. The van der Waals surface area contributed by atoms with Crippen LogP contribution in [0.1, 0.15) is 19.8 Å². The molecule has 0 spiro atoms. The molecule has 0 saturated carbocycles. The summed E-state index contributed by atoms with van der Waals surface area (Å²) in [6, 6.07) is 1.71. The third kappa shape index (κ3) is 4.99. The summed E-state index contributed by atoms with van der Waals surface area (Å²) in [4.78, 5) is 10.7. The first-order valence-electron chi connectivity index (χ1n) is 3.30. The van der Waals surface area contributed by atoms with Crippen LogP contribution in [0.2, 0.25) is 0 Å². The van der Waals surface area contributed by atoms with Gasteiger partial charge in [-0.15, -0.1) is 12.3 Å². The molecule has 3 heteroatoms. The van der Waals surface area contributed by atoms with Crippen LogP contribution in [0.4, 0.5) is 0 Å². The fraction of sp³-hybridized carbons (Fsp3) is 0.500. The van der Waals surface area contributed by atoms with E-state index in [0.717, 1.165) is 0 Å². The summed E-state index contributed by atoms with van der Waals surface area (Å²) < 4.78 is 0. The molecule has 1 amide bonds. The molecule has 0 aromatic rings. The lowest BCUT2D eigenvalue weighted by Crippen LogP contribution is -2.31. The molecule has 1 unspecified atom stereocenters. The number of nitrogens with one attached hydrogen (secondary N) is 1. The first kappa shape index (κ1) is 9.52. The summed E-state index contributed by atoms with van der Waals surface area (Å²) in [6.07, 6.45) is 5.41. The van der Waals surface area contributed by atoms with Gasteiger partial charge in [-0.25, -0.2) is 0 Å². The number of nitriles is 1. The van der Waals surface area contributed by atoms with Gasteiger partial charge < -0.3 is 5.32 Å². The van der Waals surface area contributed by atoms with Gasteiger partial charge in [-0.1, -0.05) is 0 Å². The van der Waals surface area contributed by atoms with Crippen molar-refractivity contribution in [2.24, 2.45) is 0 Å². The molecule has 0 aromatic carbocycles. The van der Waals surface area contributed by atoms with Gasteiger partial charge in [-0.3, -0.25) is 4.79 Å². The van der Waals surface area contributed by atoms with E-state index in [1.165, 1.54) is 0 Å². The lowest BCUT2D eigenvalue weighted by atomic mass is 10.2. The summed E-state index contributed by atoms with van der Waals surface area (Å²) in [5, 5.41) is 10.7. The van der Waals surface area contributed by atoms with E-state index in [-0.39, 0.29) is 18.4 Å². The van der Waals surface area contributed by atoms with Gasteiger partial charge in [0.05, 0.1) is 6.07 Å². The first-order chi connectivity index (χ1) is 5.20. The van der Waals surface area contributed by atoms with Crippen molar-refractivity contribution in [3.05, 3.63) is 0 Å². The molecule has 11 heavy (non-hydrogen) atoms. The molecule has 0 aromatic heterocycles. The molecular formula is C8H10N2O. The van der Waals surface area contributed by atoms with E-state index < -0.39 is 0 Å². The standard InChI is InChI=1S/C8H10N2O/c1-3-4-7(2)10-8(11)5-6-9/h1,7H,4-5H2,2H3,(H,10,11). The average Bonchev–Trinajstić information content (AvgIpc) is 1.87. The van der Waals surface area contributed by atoms with Gasteiger partial charge in [0.2, 0.25) is 5.91 Å². The van der Waals surface area contributed by atoms with Crippen molar-refractivity contribution in [3.63, 3.8) is 0 Å². The molecule has 0 heterocycles. The number of hydrogen-bond acceptors (Lipinski definition) is 2. The predicted molar refractivity (Wildman–Crippen MR) is 41.3 cm³/mol. The molecule has 0 aliphatic heterocycles. The second kappa shape index (κ2) is 5.32. The molecule has 0 radical (unpaired) electrons. The van der Waals surface area contributed by atoms with E-state index >= 15 is 0 Å². The Morgan fingerprint density at radius 3 is 2.91 bits per heavy atom. The Hall–Kier alpha value is -1.48. The van der Waals surface area contributed by atoms with E-state index in [1.54, 1.807) is 13.0 Å². The largest absolute Gasteiger partial charge is 0.352 e. The van der Waals surface area contributed by atoms with Crippen LogP contribution in [0.25, 0.3) is 0 Å². The highest BCUT2D eigenvalue weighted by Crippen LogP contribution is 1.88. The minimum atomic E-state index is -0.268. The maximum Gasteiger partial charge on any atom is 0.234 e. The lowest BCUT2D eigenvalue weighted by molar-refractivity contribution is -0.120. The van der Waals surface area contributed by atoms with E-state index in [2.05, 4.69) is 11.2 Å². The number of terminal acetylenes is 1. The molecule has 0 fully saturated rings. The third-order valence-electron chi connectivity index (χ3n) is 1.07. The summed E-state index contributed by atoms with van der Waals surface area (Å²) in [7, 11) is 0. The Bertz CT molecular complexity index is 209. The minimum absolute atomic E-state index is 0.0409. The van der Waals surface area contributed by atoms with Gasteiger partial charge in [0.1, 0.15) is 6.42 Å². The van der Waals surface area contributed by atoms with Crippen molar-refractivity contribution in [2.45, 2.75) is 25.8 Å². The highest BCUT2D eigenvalue weighted by Gasteiger charge is 2.03. The van der Waals surface area contributed by atoms with Gasteiger partial charge in [0.25, 0.3) is 0 Å². The van der Waals surface area contributed by atoms with Gasteiger partial charge in [-0.05, 0) is 6.92 Å². The molecule has 0 rings (SSSR count). The SMILES string of the molecule is C#CCC(C)NC(=O)CC#N. The van der Waals surface area contributed by atoms with Crippen molar-refractivity contribution in [1.82, 2.24) is 5.32 Å². The van der Waals surface area contributed by atoms with Gasteiger partial charge in [0.15, 0.2) is 0 Å². The summed E-state index contributed by atoms with van der Waals surface area (Å²) >= 11 is 0. The van der Waals surface area contributed by atoms with Crippen LogP contribution < -0.4 is 5.32 Å². The zero-order chi connectivity index (χ0) is 8.69. The fourth-order valence-corrected chi connectivity index (χ4v) is 0.625. The molecule has 0 aliphatic rings. The van der Waals surface area contributed by atoms with Crippen LogP contribution in [0.5, 0.6) is 0 Å². The van der Waals surface area contributed by atoms with E-state index in [9.17, 15) is 4.79 Å². The third-order valence-corrected chi connectivity index (χ3v) is 1.07. The topological polar surface area (TPSA) is 52.9 Å². The second-order valence-electron chi connectivity index (χ2n) is 2.21. The van der Waals surface area contributed by atoms with Crippen molar-refractivity contribution < 1.29 is 4.79 Å². The molecule has 0 bridgehead atoms. The first-order valence-corrected chi connectivity index (χ1v) is 3.30. The highest BCUT2D eigenvalue weighted by molar-refractivity contribution is 5.78. The average molecular weight is 150 g/mol. The zero-order valence-corrected chi connectivity index (χ0v) is 6.42. The van der Waals surface area contributed by atoms with Crippen molar-refractivity contribution in [1.29, 1.82) is 5.26 Å². The van der Waals surface area contributed by atoms with Crippen molar-refractivity contribution >= 4 is 5.91 Å². The van der Waals surface area contributed by atoms with Crippen LogP contribution in [-0.4, -0.2) is 11.9 Å². The van der Waals surface area contributed by atoms with Crippen molar-refractivity contribution in [2.75, 3.05) is 0 Å². The van der Waals surface area contributed by atoms with E-state index in [4.69, 9.17) is 11.7 Å². The Balaban J connectivity index is 3.61. The quantitative estimate of drug-likeness (QED) is 0.593. The molecular weight excluding hydrogens is 140 g/mol. The van der Waals surface area contributed by atoms with Crippen molar-refractivity contribution in [3.8, 4) is 18.4 Å². The van der Waals surface area contributed by atoms with Gasteiger partial charge >= 0.3 is 0 Å². The van der Waals surface area contributed by atoms with E-state index in [0.29, 0.717) is 6.42 Å². The monoisotopic (exact) mass is 150 g/mol. The molecule has 0 saturated heterocycles. The lowest BCUT2D eigenvalue weighted by Gasteiger charge is -2.07. The molecule has 58 valence electrons. The number of hydrogen-bond donors (Lipinski definition) is 1. The van der Waals surface area contributed by atoms with Crippen LogP contribution in [0, 0.1) is 23.7 Å². The number of carbonyl (C=O) groups is 1. The normalized spacial score (nSPS) is 10.8. The van der Waals surface area contributed by atoms with Gasteiger partial charge in [0, 0.05) is 12.5 Å². The number of rotatable bonds is 3. The minimum Gasteiger partial charge on any atom is -0.352 e. The maximum absolute atomic E-state index is 10.7. The molecule has 1 N–H and O–H groups in total. The molecule has 0 aliphatic carbocycles. The fourth-order valence-electron chi connectivity index (χ4n) is 0.625. The van der Waals surface area contributed by atoms with Crippen LogP contribution >= 0.6 is 0 Å². The van der Waals surface area contributed by atoms with Crippen LogP contribution in [0.3, 0.4) is 0 Å². The van der Waals surface area contributed by atoms with E-state index in [1.807, 2.05) is 0 Å². The summed E-state index contributed by atoms with van der Waals surface area (Å²) in [6.45, 7) is 1.80. The Morgan fingerprint density at radius 2 is 2.45 bits per heavy atom. The Kier molecular flexibility index (Phi) is 4.60. The second-order valence-corrected chi connectivity index (χ2v) is 2.21. The smallest absolute Gasteiger partial charge is 0.234 e. The zero-order valence-electron chi connectivity index (χ0n) is 6.42. The Morgan fingerprint density at radius 1 is 1.82 bits per heavy atom. The maximum atomic E-state index is 10.7. The summed E-state index contributed by atoms with van der Waals surface area (Å²) in [5.74, 6) is 2.15. The van der Waals surface area contributed by atoms with Gasteiger partial charge in [-0.2, -0.15) is 5.26 Å². The number of amides is 1. The Labute approximate surface area is 66.4 Å². The molecule has 3 nitrogen and oxygen atoms in total. The van der Waals surface area contributed by atoms with Crippen LogP contribution in [-0.2, 0) is 4.79 Å².